The molecule has 0 spiro atoms. The molecule has 4 amide bonds. The van der Waals surface area contributed by atoms with E-state index in [4.69, 9.17) is 22.1 Å². The number of carboxylic acid groups (broad SMARTS) is 1. The second kappa shape index (κ2) is 20.6. The van der Waals surface area contributed by atoms with E-state index in [1.54, 1.807) is 33.4 Å². The highest BCUT2D eigenvalue weighted by atomic mass is 35.5. The van der Waals surface area contributed by atoms with Crippen molar-refractivity contribution >= 4 is 46.9 Å². The minimum Gasteiger partial charge on any atom is -0.544 e. The Morgan fingerprint density at radius 1 is 0.889 bits per heavy atom. The van der Waals surface area contributed by atoms with E-state index in [-0.39, 0.29) is 89.1 Å². The van der Waals surface area contributed by atoms with Crippen LogP contribution in [0, 0.1) is 18.6 Å². The second-order valence-corrected chi connectivity index (χ2v) is 16.3. The lowest BCUT2D eigenvalue weighted by Crippen LogP contribution is -2.63. The number of nitrogens with zero attached hydrogens (tertiary/aromatic N) is 8. The zero-order valence-corrected chi connectivity index (χ0v) is 36.5. The van der Waals surface area contributed by atoms with E-state index in [2.05, 4.69) is 15.4 Å². The molecule has 17 nitrogen and oxygen atoms in total. The Morgan fingerprint density at radius 2 is 1.52 bits per heavy atom. The summed E-state index contributed by atoms with van der Waals surface area (Å²) in [6.45, 7) is 6.66. The van der Waals surface area contributed by atoms with Gasteiger partial charge in [0.2, 0.25) is 11.8 Å². The molecule has 20 heteroatoms. The fraction of sp³-hybridized carbons (Fsp3) is 0.465. The maximum absolute atomic E-state index is 15.6. The molecule has 0 atom stereocenters. The molecular formula is C43H53ClF2N10O7. The Hall–Kier alpha value is -5.76. The van der Waals surface area contributed by atoms with Crippen molar-refractivity contribution in [3.8, 4) is 22.4 Å². The average molecular weight is 895 g/mol. The first-order chi connectivity index (χ1) is 30.2. The van der Waals surface area contributed by atoms with Crippen LogP contribution in [0.3, 0.4) is 0 Å². The van der Waals surface area contributed by atoms with Gasteiger partial charge in [0.25, 0.3) is 11.8 Å². The number of ether oxygens (including phenoxy) is 1. The van der Waals surface area contributed by atoms with Crippen LogP contribution in [0.1, 0.15) is 52.4 Å². The largest absolute Gasteiger partial charge is 0.544 e. The Morgan fingerprint density at radius 3 is 2.16 bits per heavy atom. The van der Waals surface area contributed by atoms with Crippen molar-refractivity contribution in [2.45, 2.75) is 39.2 Å². The number of quaternary nitrogens is 1. The van der Waals surface area contributed by atoms with Crippen LogP contribution >= 0.6 is 11.6 Å². The lowest BCUT2D eigenvalue weighted by Gasteiger charge is -2.45. The Bertz CT molecular complexity index is 2340. The number of piperazine rings is 2. The first-order valence-corrected chi connectivity index (χ1v) is 21.3. The van der Waals surface area contributed by atoms with E-state index >= 15 is 8.78 Å². The van der Waals surface area contributed by atoms with Crippen LogP contribution in [-0.2, 0) is 32.7 Å². The first kappa shape index (κ1) is 46.7. The molecule has 2 aromatic heterocycles. The van der Waals surface area contributed by atoms with Crippen LogP contribution in [0.2, 0.25) is 5.02 Å². The van der Waals surface area contributed by atoms with Gasteiger partial charge in [0.05, 0.1) is 80.5 Å². The number of nitrogens with one attached hydrogen (secondary N) is 1. The molecule has 2 aliphatic heterocycles. The summed E-state index contributed by atoms with van der Waals surface area (Å²) in [5, 5.41) is 18.4. The fourth-order valence-electron chi connectivity index (χ4n) is 8.23. The van der Waals surface area contributed by atoms with E-state index in [9.17, 15) is 29.1 Å². The summed E-state index contributed by atoms with van der Waals surface area (Å²) >= 11 is 6.55. The quantitative estimate of drug-likeness (QED) is 0.148. The van der Waals surface area contributed by atoms with Gasteiger partial charge in [0.15, 0.2) is 17.5 Å². The molecule has 63 heavy (non-hydrogen) atoms. The predicted octanol–water partition coefficient (Wildman–Crippen LogP) is 2.30. The second-order valence-electron chi connectivity index (χ2n) is 15.9. The summed E-state index contributed by atoms with van der Waals surface area (Å²) in [6, 6.07) is 7.33. The lowest BCUT2D eigenvalue weighted by atomic mass is 10.0. The average Bonchev–Trinajstić information content (AvgIpc) is 3.83. The minimum atomic E-state index is -1.12. The zero-order chi connectivity index (χ0) is 45.4. The van der Waals surface area contributed by atoms with Gasteiger partial charge in [-0.1, -0.05) is 17.7 Å². The number of rotatable bonds is 17. The smallest absolute Gasteiger partial charge is 0.291 e. The van der Waals surface area contributed by atoms with Crippen LogP contribution < -0.4 is 16.2 Å². The summed E-state index contributed by atoms with van der Waals surface area (Å²) in [5.41, 5.74) is 7.34. The number of carbonyl (C=O) groups excluding carboxylic acids is 5. The normalized spacial score (nSPS) is 15.1. The molecule has 2 saturated heterocycles. The number of hydrogen-bond acceptors (Lipinski definition) is 10. The van der Waals surface area contributed by atoms with Gasteiger partial charge >= 0.3 is 0 Å². The third kappa shape index (κ3) is 10.7. The Balaban J connectivity index is 0.977. The number of amides is 4. The Kier molecular flexibility index (Phi) is 15.3. The number of nitrogens with two attached hydrogens (primary N) is 1. The molecule has 3 N–H and O–H groups in total. The van der Waals surface area contributed by atoms with Gasteiger partial charge in [0.1, 0.15) is 6.54 Å². The first-order valence-electron chi connectivity index (χ1n) is 20.9. The number of benzene rings is 2. The molecule has 0 radical (unpaired) electrons. The molecule has 0 aliphatic carbocycles. The van der Waals surface area contributed by atoms with Crippen molar-refractivity contribution in [1.82, 2.24) is 34.0 Å². The SMILES string of the molecule is COCCn1ncc(-c2ccc(-c3cnc(C(=O)Nc4ccc(C(=O)N5CCN(C(=O)CCCC(=O)N6CC[N+](CCCN)(CC(=O)[O-])CC6)CC5)c(Cl)c4)n3C)c(F)c2F)c1C. The third-order valence-electron chi connectivity index (χ3n) is 12.0. The van der Waals surface area contributed by atoms with E-state index in [0.717, 1.165) is 0 Å². The number of carboxylic acids is 1. The highest BCUT2D eigenvalue weighted by Crippen LogP contribution is 2.33. The summed E-state index contributed by atoms with van der Waals surface area (Å²) in [4.78, 5) is 73.3. The molecular weight excluding hydrogens is 842 g/mol. The summed E-state index contributed by atoms with van der Waals surface area (Å²) in [5.74, 6) is -4.55. The fourth-order valence-corrected chi connectivity index (χ4v) is 8.49. The number of hydrogen-bond donors (Lipinski definition) is 2. The maximum atomic E-state index is 15.6. The van der Waals surface area contributed by atoms with Crippen molar-refractivity contribution in [1.29, 1.82) is 0 Å². The number of aliphatic carboxylic acids is 1. The number of carbonyl (C=O) groups is 5. The van der Waals surface area contributed by atoms with E-state index in [0.29, 0.717) is 94.1 Å². The lowest BCUT2D eigenvalue weighted by molar-refractivity contribution is -0.926. The molecule has 338 valence electrons. The predicted molar refractivity (Wildman–Crippen MR) is 227 cm³/mol. The molecule has 2 fully saturated rings. The number of imidazole rings is 1. The van der Waals surface area contributed by atoms with Gasteiger partial charge in [0, 0.05) is 87.7 Å². The summed E-state index contributed by atoms with van der Waals surface area (Å²) in [7, 11) is 3.07. The van der Waals surface area contributed by atoms with Gasteiger partial charge < -0.3 is 49.4 Å². The van der Waals surface area contributed by atoms with Crippen molar-refractivity contribution in [2.75, 3.05) is 91.0 Å². The number of methoxy groups -OCH3 is 1. The maximum Gasteiger partial charge on any atom is 0.291 e. The highest BCUT2D eigenvalue weighted by molar-refractivity contribution is 6.34. The van der Waals surface area contributed by atoms with E-state index in [1.807, 2.05) is 0 Å². The van der Waals surface area contributed by atoms with Gasteiger partial charge in [-0.15, -0.1) is 0 Å². The number of halogens is 3. The molecule has 4 aromatic rings. The van der Waals surface area contributed by atoms with Crippen molar-refractivity contribution in [3.05, 3.63) is 76.5 Å². The third-order valence-corrected chi connectivity index (χ3v) is 12.3. The van der Waals surface area contributed by atoms with Crippen molar-refractivity contribution < 1.29 is 47.1 Å². The van der Waals surface area contributed by atoms with Gasteiger partial charge in [-0.05, 0) is 44.2 Å². The van der Waals surface area contributed by atoms with Gasteiger partial charge in [-0.2, -0.15) is 5.10 Å². The monoisotopic (exact) mass is 894 g/mol. The van der Waals surface area contributed by atoms with E-state index < -0.39 is 23.5 Å². The molecule has 2 aliphatic rings. The topological polar surface area (TPSA) is 201 Å². The zero-order valence-electron chi connectivity index (χ0n) is 35.7. The van der Waals surface area contributed by atoms with Crippen LogP contribution in [0.5, 0.6) is 0 Å². The number of anilines is 1. The molecule has 6 rings (SSSR count). The van der Waals surface area contributed by atoms with Crippen LogP contribution in [0.25, 0.3) is 22.4 Å². The molecule has 0 unspecified atom stereocenters. The molecule has 4 heterocycles. The van der Waals surface area contributed by atoms with Gasteiger partial charge in [-0.25, -0.2) is 13.8 Å². The van der Waals surface area contributed by atoms with E-state index in [1.165, 1.54) is 54.3 Å². The van der Waals surface area contributed by atoms with Crippen LogP contribution in [0.4, 0.5) is 14.5 Å². The summed E-state index contributed by atoms with van der Waals surface area (Å²) in [6.07, 6.45) is 4.19. The van der Waals surface area contributed by atoms with Crippen molar-refractivity contribution in [2.24, 2.45) is 12.8 Å². The van der Waals surface area contributed by atoms with Crippen LogP contribution in [-0.4, -0.2) is 154 Å². The summed E-state index contributed by atoms with van der Waals surface area (Å²) < 4.78 is 39.5. The highest BCUT2D eigenvalue weighted by Gasteiger charge is 2.34. The molecule has 2 aromatic carbocycles. The molecule has 0 saturated carbocycles. The minimum absolute atomic E-state index is 0.0444. The molecule has 0 bridgehead atoms. The van der Waals surface area contributed by atoms with Crippen LogP contribution in [0.15, 0.2) is 42.7 Å². The van der Waals surface area contributed by atoms with Crippen molar-refractivity contribution in [3.63, 3.8) is 0 Å². The standard InChI is InChI=1S/C43H53ClF2N10O7/c1-28-33(25-49-55(28)19-23-63-3)30-10-11-32(40(46)39(30)45)35-26-48-41(51(35)2)42(61)50-29-8-9-31(34(44)24-29)43(62)54-15-13-52(14-16-54)36(57)6-4-7-37(58)53-17-21-56(22-18-53,20-5-12-47)27-38(59)60/h8-11,24-26H,4-7,12-23,27,47H2,1-3H3,(H-,50,59,60,61,62). The van der Waals surface area contributed by atoms with Gasteiger partial charge in [-0.3, -0.25) is 23.9 Å². The Labute approximate surface area is 368 Å². The number of aromatic nitrogens is 4.